The van der Waals surface area contributed by atoms with Crippen molar-refractivity contribution in [3.05, 3.63) is 70.1 Å². The van der Waals surface area contributed by atoms with Crippen molar-refractivity contribution in [3.63, 3.8) is 0 Å². The lowest BCUT2D eigenvalue weighted by Crippen LogP contribution is -2.03. The average molecular weight is 530 g/mol. The van der Waals surface area contributed by atoms with Gasteiger partial charge in [-0.2, -0.15) is 5.10 Å². The third-order valence-electron chi connectivity index (χ3n) is 4.72. The van der Waals surface area contributed by atoms with Crippen LogP contribution in [0.2, 0.25) is 10.2 Å². The van der Waals surface area contributed by atoms with Gasteiger partial charge in [0.05, 0.1) is 27.3 Å². The first-order valence-corrected chi connectivity index (χ1v) is 11.9. The molecule has 0 amide bonds. The van der Waals surface area contributed by atoms with E-state index in [2.05, 4.69) is 10.0 Å². The molecule has 0 aliphatic carbocycles. The molecule has 0 unspecified atom stereocenters. The zero-order valence-electron chi connectivity index (χ0n) is 18.4. The number of benzene rings is 2. The van der Waals surface area contributed by atoms with Crippen molar-refractivity contribution in [1.29, 1.82) is 0 Å². The number of aryl methyl sites for hydroxylation is 1. The van der Waals surface area contributed by atoms with E-state index in [1.165, 1.54) is 29.0 Å². The second kappa shape index (κ2) is 11.2. The average Bonchev–Trinajstić information content (AvgIpc) is 3.41. The molecule has 11 heteroatoms. The van der Waals surface area contributed by atoms with E-state index in [1.807, 2.05) is 20.8 Å². The van der Waals surface area contributed by atoms with Crippen LogP contribution in [0.15, 0.2) is 52.5 Å². The SMILES string of the molecule is CC.CCCn1cc(-n2c(Cl)c(Sc3cccc(C(=O)OF)c3F)c3ccc(Cl)c(F)c32)cn1. The summed E-state index contributed by atoms with van der Waals surface area (Å²) < 4.78 is 45.4. The van der Waals surface area contributed by atoms with Crippen LogP contribution in [-0.4, -0.2) is 20.3 Å². The number of hydrogen-bond donors (Lipinski definition) is 0. The van der Waals surface area contributed by atoms with E-state index in [0.29, 0.717) is 22.5 Å². The first kappa shape index (κ1) is 26.0. The molecule has 34 heavy (non-hydrogen) atoms. The summed E-state index contributed by atoms with van der Waals surface area (Å²) in [6.45, 7) is 6.65. The number of nitrogens with zero attached hydrogens (tertiary/aromatic N) is 3. The molecule has 2 aromatic carbocycles. The minimum absolute atomic E-state index is 0.0223. The lowest BCUT2D eigenvalue weighted by molar-refractivity contribution is -0.0792. The van der Waals surface area contributed by atoms with Gasteiger partial charge >= 0.3 is 5.97 Å². The molecule has 5 nitrogen and oxygen atoms in total. The summed E-state index contributed by atoms with van der Waals surface area (Å²) in [6.07, 6.45) is 4.09. The summed E-state index contributed by atoms with van der Waals surface area (Å²) in [5.74, 6) is -3.14. The standard InChI is InChI=1S/C21H14Cl2F3N3O2S.C2H6/c1-2-8-28-10-11(9-27-28)29-18-13(6-7-14(22)17(18)25)19(20(29)23)32-15-5-3-4-12(16(15)24)21(30)31-26;1-2/h3-7,9-10H,2,8H2,1H3;1-2H3. The van der Waals surface area contributed by atoms with Gasteiger partial charge in [-0.3, -0.25) is 9.25 Å². The molecule has 0 atom stereocenters. The monoisotopic (exact) mass is 529 g/mol. The van der Waals surface area contributed by atoms with E-state index in [4.69, 9.17) is 23.2 Å². The van der Waals surface area contributed by atoms with Crippen LogP contribution >= 0.6 is 35.0 Å². The van der Waals surface area contributed by atoms with Crippen LogP contribution < -0.4 is 0 Å². The van der Waals surface area contributed by atoms with E-state index in [1.54, 1.807) is 16.9 Å². The van der Waals surface area contributed by atoms with Gasteiger partial charge in [-0.15, -0.1) is 0 Å². The van der Waals surface area contributed by atoms with Crippen molar-refractivity contribution in [2.24, 2.45) is 0 Å². The number of rotatable bonds is 6. The fraction of sp³-hybridized carbons (Fsp3) is 0.217. The van der Waals surface area contributed by atoms with E-state index in [9.17, 15) is 13.7 Å². The first-order valence-electron chi connectivity index (χ1n) is 10.4. The Morgan fingerprint density at radius 3 is 2.56 bits per heavy atom. The smallest absolute Gasteiger partial charge is 0.293 e. The molecular formula is C23H20Cl2F3N3O2S. The van der Waals surface area contributed by atoms with Gasteiger partial charge in [-0.1, -0.05) is 61.8 Å². The van der Waals surface area contributed by atoms with Crippen molar-refractivity contribution < 1.29 is 23.0 Å². The number of hydrogen-bond acceptors (Lipinski definition) is 4. The highest BCUT2D eigenvalue weighted by molar-refractivity contribution is 7.99. The van der Waals surface area contributed by atoms with E-state index in [-0.39, 0.29) is 20.6 Å². The molecule has 0 bridgehead atoms. The highest BCUT2D eigenvalue weighted by atomic mass is 35.5. The molecule has 0 spiro atoms. The maximum Gasteiger partial charge on any atom is 0.382 e. The Hall–Kier alpha value is -2.62. The lowest BCUT2D eigenvalue weighted by Gasteiger charge is -2.06. The molecular weight excluding hydrogens is 510 g/mol. The highest BCUT2D eigenvalue weighted by Crippen LogP contribution is 2.45. The van der Waals surface area contributed by atoms with Crippen LogP contribution in [0.3, 0.4) is 0 Å². The maximum atomic E-state index is 15.1. The molecule has 180 valence electrons. The number of carbonyl (C=O) groups is 1. The fourth-order valence-corrected chi connectivity index (χ4v) is 4.88. The number of aromatic nitrogens is 3. The second-order valence-electron chi connectivity index (χ2n) is 6.76. The lowest BCUT2D eigenvalue weighted by atomic mass is 10.2. The second-order valence-corrected chi connectivity index (χ2v) is 8.58. The zero-order chi connectivity index (χ0) is 25.0. The van der Waals surface area contributed by atoms with Crippen LogP contribution in [0.5, 0.6) is 0 Å². The van der Waals surface area contributed by atoms with Crippen molar-refractivity contribution in [2.45, 2.75) is 43.5 Å². The third-order valence-corrected chi connectivity index (χ3v) is 6.63. The van der Waals surface area contributed by atoms with Crippen LogP contribution in [0.1, 0.15) is 37.6 Å². The Kier molecular flexibility index (Phi) is 8.57. The van der Waals surface area contributed by atoms with Crippen LogP contribution in [-0.2, 0) is 11.5 Å². The molecule has 4 rings (SSSR count). The molecule has 0 N–H and O–H groups in total. The highest BCUT2D eigenvalue weighted by Gasteiger charge is 2.25. The Balaban J connectivity index is 0.00000158. The Morgan fingerprint density at radius 2 is 1.88 bits per heavy atom. The Labute approximate surface area is 208 Å². The number of halogens is 5. The molecule has 0 fully saturated rings. The van der Waals surface area contributed by atoms with Crippen molar-refractivity contribution in [1.82, 2.24) is 14.3 Å². The molecule has 0 aliphatic rings. The first-order chi connectivity index (χ1) is 16.4. The van der Waals surface area contributed by atoms with Gasteiger partial charge in [-0.05, 0) is 30.7 Å². The molecule has 0 radical (unpaired) electrons. The molecule has 4 aromatic rings. The summed E-state index contributed by atoms with van der Waals surface area (Å²) in [7, 11) is 0. The topological polar surface area (TPSA) is 49.0 Å². The van der Waals surface area contributed by atoms with Crippen molar-refractivity contribution in [3.8, 4) is 5.69 Å². The van der Waals surface area contributed by atoms with E-state index < -0.39 is 23.2 Å². The van der Waals surface area contributed by atoms with Crippen LogP contribution in [0, 0.1) is 11.6 Å². The molecule has 0 saturated carbocycles. The summed E-state index contributed by atoms with van der Waals surface area (Å²) in [5, 5.41) is 4.63. The summed E-state index contributed by atoms with van der Waals surface area (Å²) in [6, 6.07) is 6.79. The van der Waals surface area contributed by atoms with E-state index in [0.717, 1.165) is 24.2 Å². The van der Waals surface area contributed by atoms with Gasteiger partial charge in [0, 0.05) is 27.5 Å². The summed E-state index contributed by atoms with van der Waals surface area (Å²) in [4.78, 5) is 14.9. The number of carbonyl (C=O) groups excluding carboxylic acids is 1. The minimum atomic E-state index is -1.46. The van der Waals surface area contributed by atoms with Gasteiger partial charge in [-0.25, -0.2) is 18.5 Å². The fourth-order valence-electron chi connectivity index (χ4n) is 3.31. The van der Waals surface area contributed by atoms with Crippen LogP contribution in [0.4, 0.5) is 13.3 Å². The quantitative estimate of drug-likeness (QED) is 0.253. The molecule has 0 saturated heterocycles. The van der Waals surface area contributed by atoms with Gasteiger partial charge in [0.2, 0.25) is 0 Å². The predicted molar refractivity (Wildman–Crippen MR) is 128 cm³/mol. The van der Waals surface area contributed by atoms with Crippen molar-refractivity contribution >= 4 is 51.8 Å². The van der Waals surface area contributed by atoms with Gasteiger partial charge < -0.3 is 0 Å². The molecule has 2 aromatic heterocycles. The predicted octanol–water partition coefficient (Wildman–Crippen LogP) is 8.04. The largest absolute Gasteiger partial charge is 0.382 e. The van der Waals surface area contributed by atoms with Crippen molar-refractivity contribution in [2.75, 3.05) is 0 Å². The summed E-state index contributed by atoms with van der Waals surface area (Å²) >= 11 is 13.5. The van der Waals surface area contributed by atoms with Crippen LogP contribution in [0.25, 0.3) is 16.6 Å². The van der Waals surface area contributed by atoms with Gasteiger partial charge in [0.1, 0.15) is 10.7 Å². The van der Waals surface area contributed by atoms with Gasteiger partial charge in [0.15, 0.2) is 11.6 Å². The molecule has 2 heterocycles. The Bertz CT molecular complexity index is 1340. The molecule has 0 aliphatic heterocycles. The summed E-state index contributed by atoms with van der Waals surface area (Å²) in [5.41, 5.74) is 0.0184. The Morgan fingerprint density at radius 1 is 1.15 bits per heavy atom. The number of fused-ring (bicyclic) bond motifs is 1. The third kappa shape index (κ3) is 4.78. The zero-order valence-corrected chi connectivity index (χ0v) is 20.7. The van der Waals surface area contributed by atoms with Gasteiger partial charge in [0.25, 0.3) is 0 Å². The normalized spacial score (nSPS) is 10.8. The minimum Gasteiger partial charge on any atom is -0.293 e. The van der Waals surface area contributed by atoms with E-state index >= 15 is 4.39 Å². The maximum absolute atomic E-state index is 15.1.